The smallest absolute Gasteiger partial charge is 0.0374 e. The van der Waals surface area contributed by atoms with E-state index in [-0.39, 0.29) is 5.54 Å². The van der Waals surface area contributed by atoms with E-state index in [0.29, 0.717) is 0 Å². The van der Waals surface area contributed by atoms with Crippen molar-refractivity contribution in [2.75, 3.05) is 7.05 Å². The zero-order valence-electron chi connectivity index (χ0n) is 7.69. The first-order valence-electron chi connectivity index (χ1n) is 4.01. The highest BCUT2D eigenvalue weighted by Gasteiger charge is 2.16. The summed E-state index contributed by atoms with van der Waals surface area (Å²) in [6.45, 7) is 4.33. The molecule has 1 aromatic carbocycles. The maximum Gasteiger partial charge on any atom is 0.0374 e. The summed E-state index contributed by atoms with van der Waals surface area (Å²) < 4.78 is 1.12. The lowest BCUT2D eigenvalue weighted by Gasteiger charge is -2.24. The molecule has 12 heavy (non-hydrogen) atoms. The number of hydrogen-bond donors (Lipinski definition) is 1. The van der Waals surface area contributed by atoms with Crippen molar-refractivity contribution in [2.24, 2.45) is 0 Å². The third-order valence-corrected chi connectivity index (χ3v) is 2.72. The lowest BCUT2D eigenvalue weighted by atomic mass is 9.95. The van der Waals surface area contributed by atoms with Crippen LogP contribution in [0.5, 0.6) is 0 Å². The minimum absolute atomic E-state index is 0.0562. The van der Waals surface area contributed by atoms with Crippen LogP contribution in [-0.2, 0) is 5.54 Å². The zero-order chi connectivity index (χ0) is 9.19. The Morgan fingerprint density at radius 1 is 1.17 bits per heavy atom. The number of benzene rings is 1. The summed E-state index contributed by atoms with van der Waals surface area (Å²) in [5.41, 5.74) is 1.36. The molecule has 0 bridgehead atoms. The van der Waals surface area contributed by atoms with Gasteiger partial charge in [0, 0.05) is 10.0 Å². The predicted octanol–water partition coefficient (Wildman–Crippen LogP) is 2.90. The average Bonchev–Trinajstić information content (AvgIpc) is 2.05. The molecule has 0 aliphatic carbocycles. The molecule has 0 atom stereocenters. The Hall–Kier alpha value is -0.340. The number of nitrogens with one attached hydrogen (secondary N) is 1. The van der Waals surface area contributed by atoms with Crippen LogP contribution >= 0.6 is 15.9 Å². The summed E-state index contributed by atoms with van der Waals surface area (Å²) in [4.78, 5) is 0. The van der Waals surface area contributed by atoms with Gasteiger partial charge in [-0.05, 0) is 38.6 Å². The predicted molar refractivity (Wildman–Crippen MR) is 56.2 cm³/mol. The van der Waals surface area contributed by atoms with E-state index in [9.17, 15) is 0 Å². The quantitative estimate of drug-likeness (QED) is 0.820. The van der Waals surface area contributed by atoms with Gasteiger partial charge in [0.1, 0.15) is 0 Å². The van der Waals surface area contributed by atoms with Crippen LogP contribution in [0.3, 0.4) is 0 Å². The molecule has 1 nitrogen and oxygen atoms in total. The molecule has 0 saturated carbocycles. The zero-order valence-corrected chi connectivity index (χ0v) is 9.27. The van der Waals surface area contributed by atoms with Crippen LogP contribution in [0, 0.1) is 0 Å². The molecule has 0 aliphatic rings. The second kappa shape index (κ2) is 3.58. The molecule has 1 rings (SSSR count). The normalized spacial score (nSPS) is 11.7. The van der Waals surface area contributed by atoms with Gasteiger partial charge in [0.05, 0.1) is 0 Å². The standard InChI is InChI=1S/C10H14BrN/c1-10(2,12-3)8-4-6-9(11)7-5-8/h4-7,12H,1-3H3. The lowest BCUT2D eigenvalue weighted by molar-refractivity contribution is 0.444. The van der Waals surface area contributed by atoms with Crippen LogP contribution < -0.4 is 5.32 Å². The van der Waals surface area contributed by atoms with Crippen molar-refractivity contribution in [1.29, 1.82) is 0 Å². The Balaban J connectivity index is 2.96. The molecule has 0 radical (unpaired) electrons. The van der Waals surface area contributed by atoms with E-state index >= 15 is 0 Å². The van der Waals surface area contributed by atoms with Gasteiger partial charge < -0.3 is 5.32 Å². The Labute approximate surface area is 82.3 Å². The Morgan fingerprint density at radius 2 is 1.67 bits per heavy atom. The van der Waals surface area contributed by atoms with Gasteiger partial charge in [0.15, 0.2) is 0 Å². The van der Waals surface area contributed by atoms with Crippen LogP contribution in [0.15, 0.2) is 28.7 Å². The van der Waals surface area contributed by atoms with Gasteiger partial charge in [-0.15, -0.1) is 0 Å². The molecular formula is C10H14BrN. The van der Waals surface area contributed by atoms with Gasteiger partial charge in [-0.1, -0.05) is 28.1 Å². The monoisotopic (exact) mass is 227 g/mol. The first-order chi connectivity index (χ1) is 5.56. The van der Waals surface area contributed by atoms with Crippen LogP contribution in [-0.4, -0.2) is 7.05 Å². The molecule has 0 unspecified atom stereocenters. The molecule has 0 amide bonds. The van der Waals surface area contributed by atoms with Crippen molar-refractivity contribution in [3.63, 3.8) is 0 Å². The fourth-order valence-corrected chi connectivity index (χ4v) is 1.28. The van der Waals surface area contributed by atoms with E-state index in [2.05, 4.69) is 59.4 Å². The van der Waals surface area contributed by atoms with E-state index in [0.717, 1.165) is 4.47 Å². The highest BCUT2D eigenvalue weighted by Crippen LogP contribution is 2.21. The minimum Gasteiger partial charge on any atom is -0.311 e. The lowest BCUT2D eigenvalue weighted by Crippen LogP contribution is -2.32. The van der Waals surface area contributed by atoms with E-state index in [1.54, 1.807) is 0 Å². The molecule has 2 heteroatoms. The molecule has 0 fully saturated rings. The fourth-order valence-electron chi connectivity index (χ4n) is 1.01. The molecule has 1 N–H and O–H groups in total. The molecule has 0 aromatic heterocycles. The third-order valence-electron chi connectivity index (χ3n) is 2.19. The highest BCUT2D eigenvalue weighted by atomic mass is 79.9. The summed E-state index contributed by atoms with van der Waals surface area (Å²) in [5.74, 6) is 0. The fraction of sp³-hybridized carbons (Fsp3) is 0.400. The summed E-state index contributed by atoms with van der Waals surface area (Å²) in [5, 5.41) is 3.26. The van der Waals surface area contributed by atoms with E-state index in [1.165, 1.54) is 5.56 Å². The van der Waals surface area contributed by atoms with Crippen LogP contribution in [0.2, 0.25) is 0 Å². The van der Waals surface area contributed by atoms with Crippen LogP contribution in [0.1, 0.15) is 19.4 Å². The van der Waals surface area contributed by atoms with Crippen molar-refractivity contribution in [3.05, 3.63) is 34.3 Å². The summed E-state index contributed by atoms with van der Waals surface area (Å²) >= 11 is 3.41. The first kappa shape index (κ1) is 9.75. The van der Waals surface area contributed by atoms with Gasteiger partial charge in [-0.3, -0.25) is 0 Å². The topological polar surface area (TPSA) is 12.0 Å². The van der Waals surface area contributed by atoms with Gasteiger partial charge in [-0.25, -0.2) is 0 Å². The van der Waals surface area contributed by atoms with E-state index in [1.807, 2.05) is 7.05 Å². The number of rotatable bonds is 2. The van der Waals surface area contributed by atoms with Crippen molar-refractivity contribution in [2.45, 2.75) is 19.4 Å². The van der Waals surface area contributed by atoms with Crippen molar-refractivity contribution in [3.8, 4) is 0 Å². The Morgan fingerprint density at radius 3 is 2.08 bits per heavy atom. The van der Waals surface area contributed by atoms with Gasteiger partial charge in [0.2, 0.25) is 0 Å². The van der Waals surface area contributed by atoms with Gasteiger partial charge >= 0.3 is 0 Å². The molecule has 0 aliphatic heterocycles. The van der Waals surface area contributed by atoms with Gasteiger partial charge in [-0.2, -0.15) is 0 Å². The van der Waals surface area contributed by atoms with Crippen molar-refractivity contribution >= 4 is 15.9 Å². The molecule has 66 valence electrons. The number of hydrogen-bond acceptors (Lipinski definition) is 1. The molecule has 0 heterocycles. The highest BCUT2D eigenvalue weighted by molar-refractivity contribution is 9.10. The summed E-state index contributed by atoms with van der Waals surface area (Å²) in [6, 6.07) is 8.38. The third kappa shape index (κ3) is 2.08. The van der Waals surface area contributed by atoms with Crippen LogP contribution in [0.25, 0.3) is 0 Å². The van der Waals surface area contributed by atoms with Crippen LogP contribution in [0.4, 0.5) is 0 Å². The second-order valence-electron chi connectivity index (χ2n) is 3.38. The molecule has 0 saturated heterocycles. The Bertz CT molecular complexity index is 251. The SMILES string of the molecule is CNC(C)(C)c1ccc(Br)cc1. The number of halogens is 1. The van der Waals surface area contributed by atoms with E-state index in [4.69, 9.17) is 0 Å². The van der Waals surface area contributed by atoms with E-state index < -0.39 is 0 Å². The molecule has 1 aromatic rings. The maximum atomic E-state index is 3.41. The second-order valence-corrected chi connectivity index (χ2v) is 4.30. The van der Waals surface area contributed by atoms with Crippen molar-refractivity contribution in [1.82, 2.24) is 5.32 Å². The molecular weight excluding hydrogens is 214 g/mol. The van der Waals surface area contributed by atoms with Gasteiger partial charge in [0.25, 0.3) is 0 Å². The Kier molecular flexibility index (Phi) is 2.91. The first-order valence-corrected chi connectivity index (χ1v) is 4.80. The summed E-state index contributed by atoms with van der Waals surface area (Å²) in [6.07, 6.45) is 0. The minimum atomic E-state index is 0.0562. The average molecular weight is 228 g/mol. The summed E-state index contributed by atoms with van der Waals surface area (Å²) in [7, 11) is 1.97. The largest absolute Gasteiger partial charge is 0.311 e. The van der Waals surface area contributed by atoms with Crippen molar-refractivity contribution < 1.29 is 0 Å². The molecule has 0 spiro atoms. The maximum absolute atomic E-state index is 3.41.